The molecule has 0 radical (unpaired) electrons. The number of hydrogen-bond donors (Lipinski definition) is 6. The molecule has 1 aromatic carbocycles. The first kappa shape index (κ1) is 27.7. The average Bonchev–Trinajstić information content (AvgIpc) is 3.74. The van der Waals surface area contributed by atoms with Crippen LogP contribution in [-0.4, -0.2) is 99.6 Å². The van der Waals surface area contributed by atoms with Crippen molar-refractivity contribution in [1.29, 1.82) is 0 Å². The average molecular weight is 536 g/mol. The Balaban J connectivity index is 1.27. The van der Waals surface area contributed by atoms with Gasteiger partial charge in [-0.1, -0.05) is 12.8 Å². The highest BCUT2D eigenvalue weighted by Crippen LogP contribution is 2.33. The van der Waals surface area contributed by atoms with E-state index in [0.29, 0.717) is 43.1 Å². The number of rotatable bonds is 13. The number of sulfonamides is 1. The largest absolute Gasteiger partial charge is 0.395 e. The number of hydrogen-bond acceptors (Lipinski definition) is 10. The van der Waals surface area contributed by atoms with Crippen molar-refractivity contribution in [1.82, 2.24) is 14.9 Å². The molecule has 2 heterocycles. The molecule has 37 heavy (non-hydrogen) atoms. The number of piperidine rings is 1. The number of aromatic nitrogens is 2. The number of nitrogens with zero attached hydrogens (tertiary/aromatic N) is 3. The van der Waals surface area contributed by atoms with E-state index in [1.807, 2.05) is 17.0 Å². The van der Waals surface area contributed by atoms with Crippen molar-refractivity contribution < 1.29 is 28.8 Å². The quantitative estimate of drug-likeness (QED) is 0.202. The number of β-amino-alcohol motifs (C(OH)–C–C–N with tert-alkyl or cyclic N) is 1. The zero-order valence-corrected chi connectivity index (χ0v) is 21.6. The molecule has 1 aliphatic heterocycles. The van der Waals surface area contributed by atoms with Crippen molar-refractivity contribution in [2.75, 3.05) is 36.3 Å². The summed E-state index contributed by atoms with van der Waals surface area (Å²) >= 11 is 0. The van der Waals surface area contributed by atoms with Gasteiger partial charge < -0.3 is 25.7 Å². The van der Waals surface area contributed by atoms with E-state index in [4.69, 9.17) is 0 Å². The van der Waals surface area contributed by atoms with Gasteiger partial charge >= 0.3 is 0 Å². The predicted molar refractivity (Wildman–Crippen MR) is 140 cm³/mol. The molecular weight excluding hydrogens is 498 g/mol. The van der Waals surface area contributed by atoms with Crippen LogP contribution in [0.4, 0.5) is 11.4 Å². The maximum absolute atomic E-state index is 12.6. The van der Waals surface area contributed by atoms with E-state index in [1.165, 1.54) is 0 Å². The second-order valence-corrected chi connectivity index (χ2v) is 11.8. The van der Waals surface area contributed by atoms with Gasteiger partial charge in [0.05, 0.1) is 35.4 Å². The van der Waals surface area contributed by atoms with Gasteiger partial charge in [0.15, 0.2) is 5.82 Å². The molecule has 0 bridgehead atoms. The van der Waals surface area contributed by atoms with Crippen molar-refractivity contribution in [2.24, 2.45) is 0 Å². The molecule has 1 saturated heterocycles. The summed E-state index contributed by atoms with van der Waals surface area (Å²) in [7, 11) is -3.44. The summed E-state index contributed by atoms with van der Waals surface area (Å²) in [5.74, 6) is 0.521. The Hall–Kier alpha value is -2.35. The Morgan fingerprint density at radius 1 is 0.973 bits per heavy atom. The zero-order chi connectivity index (χ0) is 26.4. The molecule has 0 amide bonds. The van der Waals surface area contributed by atoms with Crippen molar-refractivity contribution >= 4 is 21.4 Å². The highest BCUT2D eigenvalue weighted by atomic mass is 32.2. The number of unbranched alkanes of at least 4 members (excludes halogenated alkanes) is 3. The third kappa shape index (κ3) is 7.15. The standard InChI is InChI=1S/C25H37N5O6S/c31-16-21-23(33)24(34)22(32)15-30(21)13-4-2-1-3-10-26-19-9-6-17(25-27-11-5-12-28-25)14-20(19)29-37(35,36)18-7-8-18/h5-6,9,11-12,14,18,21-24,26,29,31-34H,1-4,7-8,10,13,15-16H2/t21-,22+,23-,24-/m1/s1. The van der Waals surface area contributed by atoms with Gasteiger partial charge in [0.2, 0.25) is 10.0 Å². The topological polar surface area (TPSA) is 168 Å². The molecule has 0 unspecified atom stereocenters. The van der Waals surface area contributed by atoms with Crippen LogP contribution in [0.1, 0.15) is 38.5 Å². The molecule has 4 atom stereocenters. The van der Waals surface area contributed by atoms with E-state index < -0.39 is 34.4 Å². The highest BCUT2D eigenvalue weighted by Gasteiger charge is 2.40. The third-order valence-corrected chi connectivity index (χ3v) is 8.82. The van der Waals surface area contributed by atoms with Crippen molar-refractivity contribution in [3.63, 3.8) is 0 Å². The van der Waals surface area contributed by atoms with E-state index in [2.05, 4.69) is 20.0 Å². The van der Waals surface area contributed by atoms with Crippen molar-refractivity contribution in [2.45, 2.75) is 68.1 Å². The maximum atomic E-state index is 12.6. The van der Waals surface area contributed by atoms with E-state index in [0.717, 1.165) is 31.2 Å². The number of likely N-dealkylation sites (tertiary alicyclic amines) is 1. The van der Waals surface area contributed by atoms with Crippen LogP contribution in [0, 0.1) is 0 Å². The van der Waals surface area contributed by atoms with Gasteiger partial charge in [0.1, 0.15) is 12.2 Å². The molecule has 11 nitrogen and oxygen atoms in total. The lowest BCUT2D eigenvalue weighted by Crippen LogP contribution is -2.62. The SMILES string of the molecule is O=S(=O)(Nc1cc(-c2ncccn2)ccc1NCCCCCCN1C[C@H](O)[C@@H](O)[C@H](O)[C@H]1CO)C1CC1. The van der Waals surface area contributed by atoms with E-state index >= 15 is 0 Å². The Kier molecular flexibility index (Phi) is 9.32. The van der Waals surface area contributed by atoms with Gasteiger partial charge in [-0.3, -0.25) is 9.62 Å². The molecule has 1 saturated carbocycles. The second-order valence-electron chi connectivity index (χ2n) is 9.81. The minimum atomic E-state index is -3.44. The molecule has 0 spiro atoms. The van der Waals surface area contributed by atoms with Crippen LogP contribution in [0.2, 0.25) is 0 Å². The summed E-state index contributed by atoms with van der Waals surface area (Å²) in [6.45, 7) is 1.20. The first-order valence-electron chi connectivity index (χ1n) is 12.9. The smallest absolute Gasteiger partial charge is 0.235 e. The van der Waals surface area contributed by atoms with Gasteiger partial charge in [-0.25, -0.2) is 18.4 Å². The lowest BCUT2D eigenvalue weighted by Gasteiger charge is -2.43. The molecule has 204 valence electrons. The van der Waals surface area contributed by atoms with Crippen LogP contribution in [0.3, 0.4) is 0 Å². The number of anilines is 2. The Bertz CT molecular complexity index is 1120. The second kappa shape index (κ2) is 12.5. The molecule has 1 aromatic heterocycles. The summed E-state index contributed by atoms with van der Waals surface area (Å²) in [5, 5.41) is 42.4. The van der Waals surface area contributed by atoms with Crippen LogP contribution in [0.15, 0.2) is 36.7 Å². The molecule has 1 aliphatic carbocycles. The fraction of sp³-hybridized carbons (Fsp3) is 0.600. The zero-order valence-electron chi connectivity index (χ0n) is 20.8. The number of benzene rings is 1. The lowest BCUT2D eigenvalue weighted by molar-refractivity contribution is -0.145. The summed E-state index contributed by atoms with van der Waals surface area (Å²) in [6, 6.07) is 6.61. The fourth-order valence-electron chi connectivity index (χ4n) is 4.64. The van der Waals surface area contributed by atoms with Crippen LogP contribution in [0.5, 0.6) is 0 Å². The number of nitrogens with one attached hydrogen (secondary N) is 2. The lowest BCUT2D eigenvalue weighted by atomic mass is 9.94. The molecule has 6 N–H and O–H groups in total. The first-order chi connectivity index (χ1) is 17.8. The summed E-state index contributed by atoms with van der Waals surface area (Å²) in [4.78, 5) is 10.3. The maximum Gasteiger partial charge on any atom is 0.235 e. The predicted octanol–water partition coefficient (Wildman–Crippen LogP) is 0.779. The Labute approximate surface area is 217 Å². The third-order valence-electron chi connectivity index (χ3n) is 6.96. The molecular formula is C25H37N5O6S. The minimum absolute atomic E-state index is 0.217. The Morgan fingerprint density at radius 3 is 2.41 bits per heavy atom. The van der Waals surface area contributed by atoms with Crippen molar-refractivity contribution in [3.05, 3.63) is 36.7 Å². The molecule has 2 aromatic rings. The van der Waals surface area contributed by atoms with E-state index in [9.17, 15) is 28.8 Å². The van der Waals surface area contributed by atoms with Crippen LogP contribution in [0.25, 0.3) is 11.4 Å². The molecule has 2 fully saturated rings. The Morgan fingerprint density at radius 2 is 1.70 bits per heavy atom. The molecule has 4 rings (SSSR count). The summed E-state index contributed by atoms with van der Waals surface area (Å²) in [5.41, 5.74) is 1.90. The highest BCUT2D eigenvalue weighted by molar-refractivity contribution is 7.93. The molecule has 2 aliphatic rings. The first-order valence-corrected chi connectivity index (χ1v) is 14.4. The normalized spacial score (nSPS) is 24.6. The molecule has 12 heteroatoms. The van der Waals surface area contributed by atoms with Crippen LogP contribution >= 0.6 is 0 Å². The van der Waals surface area contributed by atoms with Gasteiger partial charge in [0.25, 0.3) is 0 Å². The number of aliphatic hydroxyl groups is 4. The summed E-state index contributed by atoms with van der Waals surface area (Å²) in [6.07, 6.45) is 4.72. The van der Waals surface area contributed by atoms with Gasteiger partial charge in [-0.05, 0) is 56.5 Å². The fourth-order valence-corrected chi connectivity index (χ4v) is 6.04. The minimum Gasteiger partial charge on any atom is -0.395 e. The van der Waals surface area contributed by atoms with Gasteiger partial charge in [-0.15, -0.1) is 0 Å². The number of aliphatic hydroxyl groups excluding tert-OH is 4. The van der Waals surface area contributed by atoms with Gasteiger partial charge in [-0.2, -0.15) is 0 Å². The van der Waals surface area contributed by atoms with Crippen LogP contribution in [-0.2, 0) is 10.0 Å². The van der Waals surface area contributed by atoms with E-state index in [1.54, 1.807) is 24.5 Å². The van der Waals surface area contributed by atoms with Gasteiger partial charge in [0, 0.05) is 31.0 Å². The van der Waals surface area contributed by atoms with E-state index in [-0.39, 0.29) is 18.4 Å². The monoisotopic (exact) mass is 535 g/mol. The van der Waals surface area contributed by atoms with Crippen molar-refractivity contribution in [3.8, 4) is 11.4 Å². The van der Waals surface area contributed by atoms with Crippen LogP contribution < -0.4 is 10.0 Å². The summed E-state index contributed by atoms with van der Waals surface area (Å²) < 4.78 is 28.0.